The number of benzene rings is 1. The summed E-state index contributed by atoms with van der Waals surface area (Å²) in [7, 11) is 0. The van der Waals surface area contributed by atoms with Crippen LogP contribution in [0.25, 0.3) is 0 Å². The zero-order chi connectivity index (χ0) is 19.7. The number of hydrogen-bond donors (Lipinski definition) is 1. The first-order valence-electron chi connectivity index (χ1n) is 10.4. The van der Waals surface area contributed by atoms with Crippen molar-refractivity contribution in [1.82, 2.24) is 10.2 Å². The van der Waals surface area contributed by atoms with Gasteiger partial charge in [0.2, 0.25) is 11.8 Å². The van der Waals surface area contributed by atoms with Crippen LogP contribution in [-0.2, 0) is 20.4 Å². The Balaban J connectivity index is 1.52. The molecule has 1 aliphatic heterocycles. The lowest BCUT2D eigenvalue weighted by Gasteiger charge is -2.31. The van der Waals surface area contributed by atoms with Gasteiger partial charge in [0.05, 0.1) is 5.41 Å². The van der Waals surface area contributed by atoms with Crippen LogP contribution in [0.5, 0.6) is 0 Å². The molecule has 2 amide bonds. The van der Waals surface area contributed by atoms with Crippen LogP contribution in [-0.4, -0.2) is 36.3 Å². The molecule has 1 unspecified atom stereocenters. The van der Waals surface area contributed by atoms with Crippen LogP contribution in [0.2, 0.25) is 0 Å². The van der Waals surface area contributed by atoms with E-state index in [4.69, 9.17) is 0 Å². The summed E-state index contributed by atoms with van der Waals surface area (Å²) >= 11 is 0. The number of carbonyl (C=O) groups excluding carboxylic acids is 2. The normalized spacial score (nSPS) is 21.6. The highest BCUT2D eigenvalue weighted by molar-refractivity contribution is 5.91. The van der Waals surface area contributed by atoms with Crippen LogP contribution in [0, 0.1) is 5.92 Å². The van der Waals surface area contributed by atoms with Crippen molar-refractivity contribution in [2.75, 3.05) is 19.6 Å². The maximum absolute atomic E-state index is 12.8. The Morgan fingerprint density at radius 1 is 1.19 bits per heavy atom. The van der Waals surface area contributed by atoms with E-state index in [2.05, 4.69) is 57.3 Å². The second kappa shape index (κ2) is 7.65. The van der Waals surface area contributed by atoms with Crippen LogP contribution in [0.1, 0.15) is 70.9 Å². The van der Waals surface area contributed by atoms with Crippen LogP contribution < -0.4 is 5.32 Å². The zero-order valence-corrected chi connectivity index (χ0v) is 17.3. The summed E-state index contributed by atoms with van der Waals surface area (Å²) in [6.07, 6.45) is 4.48. The highest BCUT2D eigenvalue weighted by Gasteiger charge is 2.51. The number of nitrogens with one attached hydrogen (secondary N) is 1. The van der Waals surface area contributed by atoms with E-state index in [1.807, 2.05) is 4.90 Å². The molecule has 27 heavy (non-hydrogen) atoms. The van der Waals surface area contributed by atoms with Gasteiger partial charge in [0.15, 0.2) is 0 Å². The van der Waals surface area contributed by atoms with Crippen molar-refractivity contribution in [3.05, 3.63) is 35.4 Å². The predicted octanol–water partition coefficient (Wildman–Crippen LogP) is 3.78. The number of nitrogens with zero attached hydrogens (tertiary/aromatic N) is 1. The fraction of sp³-hybridized carbons (Fsp3) is 0.652. The molecule has 1 N–H and O–H groups in total. The Labute approximate surface area is 163 Å². The van der Waals surface area contributed by atoms with Gasteiger partial charge in [-0.1, -0.05) is 52.0 Å². The molecular formula is C23H34N2O2. The molecule has 2 aliphatic rings. The molecule has 148 valence electrons. The number of likely N-dealkylation sites (tertiary alicyclic amines) is 1. The molecule has 0 bridgehead atoms. The molecule has 1 aliphatic carbocycles. The van der Waals surface area contributed by atoms with E-state index in [0.717, 1.165) is 37.9 Å². The molecule has 3 rings (SSSR count). The Bertz CT molecular complexity index is 683. The molecule has 2 fully saturated rings. The first kappa shape index (κ1) is 19.9. The van der Waals surface area contributed by atoms with Crippen molar-refractivity contribution in [2.45, 2.75) is 70.6 Å². The molecular weight excluding hydrogens is 336 g/mol. The molecule has 1 saturated heterocycles. The first-order valence-corrected chi connectivity index (χ1v) is 10.4. The summed E-state index contributed by atoms with van der Waals surface area (Å²) in [5.74, 6) is 0.829. The smallest absolute Gasteiger partial charge is 0.230 e. The topological polar surface area (TPSA) is 49.4 Å². The van der Waals surface area contributed by atoms with Gasteiger partial charge in [0.25, 0.3) is 0 Å². The average Bonchev–Trinajstić information content (AvgIpc) is 3.43. The quantitative estimate of drug-likeness (QED) is 0.857. The SMILES string of the molecule is CC1CCCN(C(=O)CCNC(=O)C2(c3ccc(C(C)(C)C)cc3)CC2)C1. The van der Waals surface area contributed by atoms with E-state index < -0.39 is 0 Å². The third-order valence-corrected chi connectivity index (χ3v) is 6.12. The summed E-state index contributed by atoms with van der Waals surface area (Å²) in [6, 6.07) is 8.49. The maximum atomic E-state index is 12.8. The zero-order valence-electron chi connectivity index (χ0n) is 17.3. The number of amides is 2. The summed E-state index contributed by atoms with van der Waals surface area (Å²) in [6.45, 7) is 10.9. The van der Waals surface area contributed by atoms with Crippen molar-refractivity contribution < 1.29 is 9.59 Å². The molecule has 1 atom stereocenters. The molecule has 4 heteroatoms. The summed E-state index contributed by atoms with van der Waals surface area (Å²) in [5, 5.41) is 3.02. The standard InChI is InChI=1S/C23H34N2O2/c1-17-6-5-15-25(16-17)20(26)11-14-24-21(27)23(12-13-23)19-9-7-18(8-10-19)22(2,3)4/h7-10,17H,5-6,11-16H2,1-4H3,(H,24,27). The van der Waals surface area contributed by atoms with Crippen LogP contribution in [0.4, 0.5) is 0 Å². The second-order valence-corrected chi connectivity index (χ2v) is 9.50. The van der Waals surface area contributed by atoms with E-state index in [0.29, 0.717) is 18.9 Å². The van der Waals surface area contributed by atoms with Gasteiger partial charge >= 0.3 is 0 Å². The number of carbonyl (C=O) groups is 2. The van der Waals surface area contributed by atoms with Crippen molar-refractivity contribution >= 4 is 11.8 Å². The van der Waals surface area contributed by atoms with Crippen LogP contribution in [0.15, 0.2) is 24.3 Å². The highest BCUT2D eigenvalue weighted by atomic mass is 16.2. The highest BCUT2D eigenvalue weighted by Crippen LogP contribution is 2.48. The van der Waals surface area contributed by atoms with Crippen molar-refractivity contribution in [2.24, 2.45) is 5.92 Å². The van der Waals surface area contributed by atoms with E-state index in [1.54, 1.807) is 0 Å². The summed E-state index contributed by atoms with van der Waals surface area (Å²) in [5.41, 5.74) is 2.12. The fourth-order valence-corrected chi connectivity index (χ4v) is 4.09. The summed E-state index contributed by atoms with van der Waals surface area (Å²) < 4.78 is 0. The Morgan fingerprint density at radius 2 is 1.85 bits per heavy atom. The molecule has 0 spiro atoms. The van der Waals surface area contributed by atoms with Gasteiger partial charge in [0, 0.05) is 26.1 Å². The Hall–Kier alpha value is -1.84. The van der Waals surface area contributed by atoms with Gasteiger partial charge in [-0.2, -0.15) is 0 Å². The number of hydrogen-bond acceptors (Lipinski definition) is 2. The van der Waals surface area contributed by atoms with Gasteiger partial charge in [-0.3, -0.25) is 9.59 Å². The Kier molecular flexibility index (Phi) is 5.64. The predicted molar refractivity (Wildman–Crippen MR) is 109 cm³/mol. The Morgan fingerprint density at radius 3 is 2.41 bits per heavy atom. The second-order valence-electron chi connectivity index (χ2n) is 9.50. The van der Waals surface area contributed by atoms with Gasteiger partial charge in [-0.05, 0) is 48.1 Å². The van der Waals surface area contributed by atoms with Crippen molar-refractivity contribution in [3.63, 3.8) is 0 Å². The van der Waals surface area contributed by atoms with Gasteiger partial charge in [-0.25, -0.2) is 0 Å². The molecule has 1 aromatic rings. The minimum absolute atomic E-state index is 0.0748. The van der Waals surface area contributed by atoms with Gasteiger partial charge in [-0.15, -0.1) is 0 Å². The van der Waals surface area contributed by atoms with E-state index in [1.165, 1.54) is 12.0 Å². The minimum atomic E-state index is -0.376. The molecule has 1 heterocycles. The minimum Gasteiger partial charge on any atom is -0.355 e. The number of rotatable bonds is 5. The third kappa shape index (κ3) is 4.53. The molecule has 0 radical (unpaired) electrons. The number of piperidine rings is 1. The molecule has 4 nitrogen and oxygen atoms in total. The van der Waals surface area contributed by atoms with Crippen molar-refractivity contribution in [1.29, 1.82) is 0 Å². The van der Waals surface area contributed by atoms with Crippen LogP contribution >= 0.6 is 0 Å². The van der Waals surface area contributed by atoms with E-state index in [-0.39, 0.29) is 22.6 Å². The lowest BCUT2D eigenvalue weighted by Crippen LogP contribution is -2.41. The van der Waals surface area contributed by atoms with Gasteiger partial charge in [0.1, 0.15) is 0 Å². The first-order chi connectivity index (χ1) is 12.7. The van der Waals surface area contributed by atoms with Crippen molar-refractivity contribution in [3.8, 4) is 0 Å². The average molecular weight is 371 g/mol. The molecule has 0 aromatic heterocycles. The maximum Gasteiger partial charge on any atom is 0.230 e. The third-order valence-electron chi connectivity index (χ3n) is 6.12. The molecule has 1 aromatic carbocycles. The van der Waals surface area contributed by atoms with Gasteiger partial charge < -0.3 is 10.2 Å². The molecule has 1 saturated carbocycles. The fourth-order valence-electron chi connectivity index (χ4n) is 4.09. The largest absolute Gasteiger partial charge is 0.355 e. The van der Waals surface area contributed by atoms with E-state index in [9.17, 15) is 9.59 Å². The monoisotopic (exact) mass is 370 g/mol. The van der Waals surface area contributed by atoms with E-state index >= 15 is 0 Å². The summed E-state index contributed by atoms with van der Waals surface area (Å²) in [4.78, 5) is 27.1. The van der Waals surface area contributed by atoms with Crippen LogP contribution in [0.3, 0.4) is 0 Å². The lowest BCUT2D eigenvalue weighted by molar-refractivity contribution is -0.133. The lowest BCUT2D eigenvalue weighted by atomic mass is 9.85.